The molecular formula is C11H18O5. The fourth-order valence-electron chi connectivity index (χ4n) is 1.23. The van der Waals surface area contributed by atoms with Crippen LogP contribution in [-0.4, -0.2) is 30.9 Å². The molecule has 0 spiro atoms. The second-order valence-electron chi connectivity index (χ2n) is 3.26. The number of carbonyl (C=O) groups excluding carboxylic acids is 3. The van der Waals surface area contributed by atoms with Crippen LogP contribution in [0.15, 0.2) is 0 Å². The van der Waals surface area contributed by atoms with Gasteiger partial charge in [-0.1, -0.05) is 0 Å². The van der Waals surface area contributed by atoms with Crippen molar-refractivity contribution in [3.05, 3.63) is 0 Å². The molecule has 16 heavy (non-hydrogen) atoms. The minimum Gasteiger partial charge on any atom is -0.466 e. The van der Waals surface area contributed by atoms with E-state index in [0.29, 0.717) is 6.61 Å². The fraction of sp³-hybridized carbons (Fsp3) is 0.727. The third-order valence-corrected chi connectivity index (χ3v) is 2.00. The highest BCUT2D eigenvalue weighted by Gasteiger charge is 2.25. The van der Waals surface area contributed by atoms with Gasteiger partial charge >= 0.3 is 11.9 Å². The summed E-state index contributed by atoms with van der Waals surface area (Å²) < 4.78 is 9.46. The molecule has 0 fully saturated rings. The molecule has 1 atom stereocenters. The average Bonchev–Trinajstić information content (AvgIpc) is 2.18. The van der Waals surface area contributed by atoms with Crippen LogP contribution in [-0.2, 0) is 23.9 Å². The Balaban J connectivity index is 4.19. The van der Waals surface area contributed by atoms with Crippen molar-refractivity contribution in [2.24, 2.45) is 5.92 Å². The highest BCUT2D eigenvalue weighted by molar-refractivity contribution is 5.98. The molecule has 0 unspecified atom stereocenters. The first-order valence-corrected chi connectivity index (χ1v) is 5.35. The third-order valence-electron chi connectivity index (χ3n) is 2.00. The third kappa shape index (κ3) is 5.48. The minimum absolute atomic E-state index is 0.0525. The Morgan fingerprint density at radius 1 is 1.06 bits per heavy atom. The standard InChI is InChI=1S/C11H18O5/c1-4-15-10(13)7-6-9(8(3)12)11(14)16-5-2/h9H,4-7H2,1-3H3/t9-/m1/s1. The lowest BCUT2D eigenvalue weighted by Gasteiger charge is -2.11. The predicted molar refractivity (Wildman–Crippen MR) is 56.7 cm³/mol. The van der Waals surface area contributed by atoms with E-state index in [9.17, 15) is 14.4 Å². The predicted octanol–water partition coefficient (Wildman–Crippen LogP) is 1.10. The van der Waals surface area contributed by atoms with Gasteiger partial charge in [-0.2, -0.15) is 0 Å². The molecular weight excluding hydrogens is 212 g/mol. The number of hydrogen-bond donors (Lipinski definition) is 0. The molecule has 0 N–H and O–H groups in total. The molecule has 0 aliphatic carbocycles. The van der Waals surface area contributed by atoms with Crippen LogP contribution < -0.4 is 0 Å². The number of ketones is 1. The summed E-state index contributed by atoms with van der Waals surface area (Å²) in [6, 6.07) is 0. The molecule has 0 saturated carbocycles. The lowest BCUT2D eigenvalue weighted by atomic mass is 9.99. The van der Waals surface area contributed by atoms with E-state index < -0.39 is 17.9 Å². The first-order chi connectivity index (χ1) is 7.52. The van der Waals surface area contributed by atoms with Crippen molar-refractivity contribution in [2.75, 3.05) is 13.2 Å². The number of rotatable bonds is 7. The van der Waals surface area contributed by atoms with Crippen molar-refractivity contribution in [3.8, 4) is 0 Å². The van der Waals surface area contributed by atoms with Crippen LogP contribution in [0.3, 0.4) is 0 Å². The molecule has 0 aromatic carbocycles. The summed E-state index contributed by atoms with van der Waals surface area (Å²) in [7, 11) is 0. The molecule has 5 heteroatoms. The van der Waals surface area contributed by atoms with E-state index in [-0.39, 0.29) is 25.2 Å². The summed E-state index contributed by atoms with van der Waals surface area (Å²) in [6.45, 7) is 5.20. The van der Waals surface area contributed by atoms with Crippen LogP contribution in [0, 0.1) is 5.92 Å². The van der Waals surface area contributed by atoms with Crippen LogP contribution >= 0.6 is 0 Å². The zero-order valence-electron chi connectivity index (χ0n) is 9.95. The van der Waals surface area contributed by atoms with Gasteiger partial charge in [-0.05, 0) is 27.2 Å². The molecule has 0 amide bonds. The maximum Gasteiger partial charge on any atom is 0.316 e. The largest absolute Gasteiger partial charge is 0.466 e. The van der Waals surface area contributed by atoms with Crippen molar-refractivity contribution in [1.82, 2.24) is 0 Å². The highest BCUT2D eigenvalue weighted by atomic mass is 16.5. The zero-order chi connectivity index (χ0) is 12.6. The van der Waals surface area contributed by atoms with Crippen molar-refractivity contribution >= 4 is 17.7 Å². The number of hydrogen-bond acceptors (Lipinski definition) is 5. The molecule has 0 saturated heterocycles. The van der Waals surface area contributed by atoms with E-state index in [4.69, 9.17) is 9.47 Å². The topological polar surface area (TPSA) is 69.7 Å². The first-order valence-electron chi connectivity index (χ1n) is 5.35. The Morgan fingerprint density at radius 3 is 2.06 bits per heavy atom. The Bertz CT molecular complexity index is 259. The monoisotopic (exact) mass is 230 g/mol. The second-order valence-corrected chi connectivity index (χ2v) is 3.26. The second kappa shape index (κ2) is 7.84. The Hall–Kier alpha value is -1.39. The van der Waals surface area contributed by atoms with Crippen molar-refractivity contribution in [3.63, 3.8) is 0 Å². The molecule has 0 rings (SSSR count). The van der Waals surface area contributed by atoms with Gasteiger partial charge in [0.15, 0.2) is 0 Å². The molecule has 0 aliphatic heterocycles. The van der Waals surface area contributed by atoms with Gasteiger partial charge in [0, 0.05) is 6.42 Å². The minimum atomic E-state index is -0.857. The molecule has 0 aromatic heterocycles. The number of carbonyl (C=O) groups is 3. The summed E-state index contributed by atoms with van der Waals surface area (Å²) in [4.78, 5) is 33.6. The van der Waals surface area contributed by atoms with E-state index in [1.54, 1.807) is 13.8 Å². The zero-order valence-corrected chi connectivity index (χ0v) is 9.95. The van der Waals surface area contributed by atoms with Crippen LogP contribution in [0.5, 0.6) is 0 Å². The van der Waals surface area contributed by atoms with Gasteiger partial charge in [-0.3, -0.25) is 14.4 Å². The lowest BCUT2D eigenvalue weighted by molar-refractivity contribution is -0.152. The molecule has 0 radical (unpaired) electrons. The maximum absolute atomic E-state index is 11.4. The maximum atomic E-state index is 11.4. The van der Waals surface area contributed by atoms with Gasteiger partial charge in [0.2, 0.25) is 0 Å². The van der Waals surface area contributed by atoms with Crippen LogP contribution in [0.4, 0.5) is 0 Å². The fourth-order valence-corrected chi connectivity index (χ4v) is 1.23. The van der Waals surface area contributed by atoms with Crippen LogP contribution in [0.25, 0.3) is 0 Å². The summed E-state index contributed by atoms with van der Waals surface area (Å²) in [5, 5.41) is 0. The Labute approximate surface area is 95.1 Å². The highest BCUT2D eigenvalue weighted by Crippen LogP contribution is 2.11. The van der Waals surface area contributed by atoms with E-state index in [0.717, 1.165) is 0 Å². The van der Waals surface area contributed by atoms with Crippen molar-refractivity contribution in [2.45, 2.75) is 33.6 Å². The van der Waals surface area contributed by atoms with E-state index in [1.807, 2.05) is 0 Å². The van der Waals surface area contributed by atoms with Gasteiger partial charge in [0.05, 0.1) is 13.2 Å². The molecule has 0 aliphatic rings. The van der Waals surface area contributed by atoms with Crippen LogP contribution in [0.1, 0.15) is 33.6 Å². The molecule has 0 heterocycles. The molecule has 0 aromatic rings. The number of esters is 2. The van der Waals surface area contributed by atoms with Crippen LogP contribution in [0.2, 0.25) is 0 Å². The lowest BCUT2D eigenvalue weighted by Crippen LogP contribution is -2.25. The molecule has 92 valence electrons. The van der Waals surface area contributed by atoms with Gasteiger partial charge in [-0.25, -0.2) is 0 Å². The smallest absolute Gasteiger partial charge is 0.316 e. The first kappa shape index (κ1) is 14.6. The van der Waals surface area contributed by atoms with E-state index in [2.05, 4.69) is 0 Å². The number of ether oxygens (including phenoxy) is 2. The average molecular weight is 230 g/mol. The normalized spacial score (nSPS) is 11.7. The summed E-state index contributed by atoms with van der Waals surface area (Å²) in [6.07, 6.45) is 0.198. The Kier molecular flexibility index (Phi) is 7.16. The van der Waals surface area contributed by atoms with E-state index >= 15 is 0 Å². The molecule has 5 nitrogen and oxygen atoms in total. The Morgan fingerprint density at radius 2 is 1.62 bits per heavy atom. The number of Topliss-reactive ketones (excluding diaryl/α,β-unsaturated/α-hetero) is 1. The van der Waals surface area contributed by atoms with Gasteiger partial charge < -0.3 is 9.47 Å². The SMILES string of the molecule is CCOC(=O)CC[C@H](C(C)=O)C(=O)OCC. The quantitative estimate of drug-likeness (QED) is 0.484. The van der Waals surface area contributed by atoms with Gasteiger partial charge in [0.1, 0.15) is 11.7 Å². The van der Waals surface area contributed by atoms with Gasteiger partial charge in [0.25, 0.3) is 0 Å². The molecule has 0 bridgehead atoms. The summed E-state index contributed by atoms with van der Waals surface area (Å²) in [5.74, 6) is -2.12. The van der Waals surface area contributed by atoms with Crippen molar-refractivity contribution < 1.29 is 23.9 Å². The summed E-state index contributed by atoms with van der Waals surface area (Å²) >= 11 is 0. The van der Waals surface area contributed by atoms with E-state index in [1.165, 1.54) is 6.92 Å². The van der Waals surface area contributed by atoms with Gasteiger partial charge in [-0.15, -0.1) is 0 Å². The van der Waals surface area contributed by atoms with Crippen molar-refractivity contribution in [1.29, 1.82) is 0 Å². The summed E-state index contributed by atoms with van der Waals surface area (Å²) in [5.41, 5.74) is 0.